The highest BCUT2D eigenvalue weighted by atomic mass is 16.6. The number of carbonyl (C=O) groups excluding carboxylic acids is 4. The molecule has 0 saturated carbocycles. The zero-order chi connectivity index (χ0) is 26.1. The summed E-state index contributed by atoms with van der Waals surface area (Å²) in [6, 6.07) is 2.36. The van der Waals surface area contributed by atoms with E-state index in [2.05, 4.69) is 6.92 Å². The van der Waals surface area contributed by atoms with Crippen LogP contribution in [0.1, 0.15) is 86.3 Å². The van der Waals surface area contributed by atoms with E-state index in [1.165, 1.54) is 31.4 Å². The molecule has 0 bridgehead atoms. The highest BCUT2D eigenvalue weighted by Gasteiger charge is 2.21. The minimum Gasteiger partial charge on any atom is -0.463 e. The fourth-order valence-corrected chi connectivity index (χ4v) is 2.93. The summed E-state index contributed by atoms with van der Waals surface area (Å²) >= 11 is 0. The zero-order valence-electron chi connectivity index (χ0n) is 20.4. The number of aliphatic hydroxyl groups excluding tert-OH is 2. The lowest BCUT2D eigenvalue weighted by Crippen LogP contribution is -2.27. The van der Waals surface area contributed by atoms with Gasteiger partial charge in [-0.05, 0) is 18.6 Å². The van der Waals surface area contributed by atoms with Gasteiger partial charge in [-0.1, -0.05) is 45.4 Å². The molecule has 2 unspecified atom stereocenters. The highest BCUT2D eigenvalue weighted by Crippen LogP contribution is 2.12. The average Bonchev–Trinajstić information content (AvgIpc) is 3.33. The first-order valence-corrected chi connectivity index (χ1v) is 11.8. The second-order valence-corrected chi connectivity index (χ2v) is 7.98. The van der Waals surface area contributed by atoms with E-state index >= 15 is 0 Å². The molecule has 198 valence electrons. The van der Waals surface area contributed by atoms with Gasteiger partial charge in [0.15, 0.2) is 6.10 Å². The maximum absolute atomic E-state index is 12.0. The average molecular weight is 501 g/mol. The topological polar surface area (TPSA) is 159 Å². The molecule has 2 N–H and O–H groups in total. The molecular formula is C24H36O11. The molecule has 0 amide bonds. The summed E-state index contributed by atoms with van der Waals surface area (Å²) in [5, 5.41) is 19.0. The number of aliphatic hydroxyl groups is 2. The minimum absolute atomic E-state index is 0.269. The summed E-state index contributed by atoms with van der Waals surface area (Å²) in [6.45, 7) is 1.60. The Hall–Kier alpha value is -2.92. The zero-order valence-corrected chi connectivity index (χ0v) is 20.4. The van der Waals surface area contributed by atoms with Gasteiger partial charge in [0.25, 0.3) is 0 Å². The molecule has 0 aliphatic rings. The van der Waals surface area contributed by atoms with Crippen molar-refractivity contribution in [3.05, 3.63) is 23.7 Å². The third kappa shape index (κ3) is 13.5. The van der Waals surface area contributed by atoms with Gasteiger partial charge in [-0.2, -0.15) is 0 Å². The van der Waals surface area contributed by atoms with Crippen LogP contribution in [0, 0.1) is 0 Å². The van der Waals surface area contributed by atoms with Crippen molar-refractivity contribution in [1.82, 2.24) is 0 Å². The SMILES string of the molecule is CCCCCCCCCC(=O)OCC(O)COC(=O)c1ccc(C(=O)OCC(CO)OC(C)=O)o1. The Bertz CT molecular complexity index is 786. The quantitative estimate of drug-likeness (QED) is 0.173. The first-order chi connectivity index (χ1) is 16.8. The van der Waals surface area contributed by atoms with Crippen molar-refractivity contribution in [3.8, 4) is 0 Å². The van der Waals surface area contributed by atoms with Gasteiger partial charge in [-0.3, -0.25) is 9.59 Å². The Balaban J connectivity index is 2.27. The summed E-state index contributed by atoms with van der Waals surface area (Å²) in [4.78, 5) is 46.7. The molecule has 11 nitrogen and oxygen atoms in total. The van der Waals surface area contributed by atoms with Crippen LogP contribution in [-0.4, -0.2) is 72.7 Å². The van der Waals surface area contributed by atoms with Gasteiger partial charge < -0.3 is 33.6 Å². The summed E-state index contributed by atoms with van der Waals surface area (Å²) < 4.78 is 24.6. The summed E-state index contributed by atoms with van der Waals surface area (Å²) in [5.41, 5.74) is 0. The van der Waals surface area contributed by atoms with Crippen molar-refractivity contribution in [1.29, 1.82) is 0 Å². The Kier molecular flexibility index (Phi) is 15.1. The first kappa shape index (κ1) is 30.1. The molecule has 0 spiro atoms. The standard InChI is InChI=1S/C24H36O11/c1-3-4-5-6-7-8-9-10-22(28)31-14-18(27)15-32-23(29)20-11-12-21(35-20)24(30)33-16-19(13-25)34-17(2)26/h11-12,18-19,25,27H,3-10,13-16H2,1-2H3. The van der Waals surface area contributed by atoms with Gasteiger partial charge in [0.2, 0.25) is 11.5 Å². The number of hydrogen-bond donors (Lipinski definition) is 2. The molecule has 2 atom stereocenters. The lowest BCUT2D eigenvalue weighted by Gasteiger charge is -2.13. The number of carbonyl (C=O) groups is 4. The van der Waals surface area contributed by atoms with Crippen LogP contribution >= 0.6 is 0 Å². The van der Waals surface area contributed by atoms with Gasteiger partial charge in [0.1, 0.15) is 25.9 Å². The van der Waals surface area contributed by atoms with Gasteiger partial charge >= 0.3 is 23.9 Å². The number of hydrogen-bond acceptors (Lipinski definition) is 11. The minimum atomic E-state index is -1.21. The molecular weight excluding hydrogens is 464 g/mol. The van der Waals surface area contributed by atoms with E-state index in [1.807, 2.05) is 0 Å². The van der Waals surface area contributed by atoms with Crippen LogP contribution < -0.4 is 0 Å². The van der Waals surface area contributed by atoms with Crippen molar-refractivity contribution >= 4 is 23.9 Å². The smallest absolute Gasteiger partial charge is 0.374 e. The Morgan fingerprint density at radius 3 is 1.97 bits per heavy atom. The van der Waals surface area contributed by atoms with E-state index in [1.54, 1.807) is 0 Å². The normalized spacial score (nSPS) is 12.5. The molecule has 0 aliphatic carbocycles. The summed E-state index contributed by atoms with van der Waals surface area (Å²) in [5.74, 6) is -3.56. The molecule has 1 rings (SSSR count). The number of unbranched alkanes of at least 4 members (excludes halogenated alkanes) is 6. The van der Waals surface area contributed by atoms with Crippen LogP contribution in [-0.2, 0) is 28.5 Å². The van der Waals surface area contributed by atoms with Crippen LogP contribution in [0.15, 0.2) is 16.5 Å². The fraction of sp³-hybridized carbons (Fsp3) is 0.667. The van der Waals surface area contributed by atoms with Crippen molar-refractivity contribution in [3.63, 3.8) is 0 Å². The van der Waals surface area contributed by atoms with Crippen LogP contribution in [0.2, 0.25) is 0 Å². The lowest BCUT2D eigenvalue weighted by molar-refractivity contribution is -0.151. The van der Waals surface area contributed by atoms with Crippen molar-refractivity contribution in [2.45, 2.75) is 77.4 Å². The van der Waals surface area contributed by atoms with Crippen molar-refractivity contribution in [2.75, 3.05) is 26.4 Å². The highest BCUT2D eigenvalue weighted by molar-refractivity contribution is 5.90. The second kappa shape index (κ2) is 17.5. The van der Waals surface area contributed by atoms with E-state index in [9.17, 15) is 24.3 Å². The van der Waals surface area contributed by atoms with Crippen LogP contribution in [0.25, 0.3) is 0 Å². The van der Waals surface area contributed by atoms with Gasteiger partial charge in [0.05, 0.1) is 6.61 Å². The van der Waals surface area contributed by atoms with E-state index < -0.39 is 55.9 Å². The van der Waals surface area contributed by atoms with Crippen molar-refractivity contribution < 1.29 is 52.8 Å². The molecule has 0 aliphatic heterocycles. The summed E-state index contributed by atoms with van der Waals surface area (Å²) in [6.07, 6.45) is 5.56. The maximum atomic E-state index is 12.0. The molecule has 0 radical (unpaired) electrons. The largest absolute Gasteiger partial charge is 0.463 e. The van der Waals surface area contributed by atoms with Crippen LogP contribution in [0.3, 0.4) is 0 Å². The van der Waals surface area contributed by atoms with Crippen LogP contribution in [0.5, 0.6) is 0 Å². The molecule has 1 aromatic rings. The predicted molar refractivity (Wildman–Crippen MR) is 121 cm³/mol. The molecule has 11 heteroatoms. The van der Waals surface area contributed by atoms with Crippen molar-refractivity contribution in [2.24, 2.45) is 0 Å². The third-order valence-electron chi connectivity index (χ3n) is 4.77. The maximum Gasteiger partial charge on any atom is 0.374 e. The van der Waals surface area contributed by atoms with Gasteiger partial charge in [0, 0.05) is 13.3 Å². The molecule has 1 heterocycles. The number of rotatable bonds is 18. The molecule has 0 saturated heterocycles. The Labute approximate surface area is 204 Å². The van der Waals surface area contributed by atoms with E-state index in [-0.39, 0.29) is 24.5 Å². The van der Waals surface area contributed by atoms with E-state index in [4.69, 9.17) is 28.5 Å². The van der Waals surface area contributed by atoms with E-state index in [0.29, 0.717) is 0 Å². The van der Waals surface area contributed by atoms with Crippen LogP contribution in [0.4, 0.5) is 0 Å². The summed E-state index contributed by atoms with van der Waals surface area (Å²) in [7, 11) is 0. The van der Waals surface area contributed by atoms with E-state index in [0.717, 1.165) is 32.6 Å². The Morgan fingerprint density at radius 2 is 1.40 bits per heavy atom. The predicted octanol–water partition coefficient (Wildman–Crippen LogP) is 2.56. The molecule has 0 aromatic carbocycles. The monoisotopic (exact) mass is 500 g/mol. The second-order valence-electron chi connectivity index (χ2n) is 7.98. The number of esters is 4. The Morgan fingerprint density at radius 1 is 0.857 bits per heavy atom. The van der Waals surface area contributed by atoms with Gasteiger partial charge in [-0.15, -0.1) is 0 Å². The number of ether oxygens (including phenoxy) is 4. The third-order valence-corrected chi connectivity index (χ3v) is 4.77. The number of furan rings is 1. The fourth-order valence-electron chi connectivity index (χ4n) is 2.93. The molecule has 35 heavy (non-hydrogen) atoms. The van der Waals surface area contributed by atoms with Gasteiger partial charge in [-0.25, -0.2) is 9.59 Å². The molecule has 1 aromatic heterocycles. The lowest BCUT2D eigenvalue weighted by atomic mass is 10.1. The molecule has 0 fully saturated rings. The first-order valence-electron chi connectivity index (χ1n) is 11.8.